The van der Waals surface area contributed by atoms with Gasteiger partial charge < -0.3 is 14.0 Å². The molecule has 0 N–H and O–H groups in total. The summed E-state index contributed by atoms with van der Waals surface area (Å²) < 4.78 is 16.2. The Morgan fingerprint density at radius 3 is 2.39 bits per heavy atom. The molecular weight excluding hydrogens is 392 g/mol. The second-order valence-electron chi connectivity index (χ2n) is 6.65. The smallest absolute Gasteiger partial charge is 0.339 e. The lowest BCUT2D eigenvalue weighted by Gasteiger charge is -2.07. The molecule has 0 bridgehead atoms. The van der Waals surface area contributed by atoms with Crippen molar-refractivity contribution in [2.75, 3.05) is 7.11 Å². The van der Waals surface area contributed by atoms with E-state index in [9.17, 15) is 4.79 Å². The number of nitrogens with zero attached hydrogens (tertiary/aromatic N) is 2. The van der Waals surface area contributed by atoms with Crippen molar-refractivity contribution in [2.45, 2.75) is 6.61 Å². The van der Waals surface area contributed by atoms with Crippen molar-refractivity contribution in [1.29, 1.82) is 0 Å². The average Bonchev–Trinajstić information content (AvgIpc) is 3.25. The van der Waals surface area contributed by atoms with Crippen LogP contribution in [0.5, 0.6) is 5.88 Å². The standard InChI is InChI=1S/C25H20N2O4/c1-29-25(28)20-13-15-23(26-16-20)30-17-21-22(14-12-18-8-4-2-5-9-18)31-27-24(21)19-10-6-3-7-11-19/h2-16H,17H2,1H3/b14-12+. The van der Waals surface area contributed by atoms with Gasteiger partial charge >= 0.3 is 5.97 Å². The molecule has 0 aliphatic carbocycles. The highest BCUT2D eigenvalue weighted by atomic mass is 16.5. The van der Waals surface area contributed by atoms with Gasteiger partial charge in [0.15, 0.2) is 5.76 Å². The van der Waals surface area contributed by atoms with Crippen LogP contribution in [-0.4, -0.2) is 23.2 Å². The molecule has 2 aromatic heterocycles. The zero-order valence-corrected chi connectivity index (χ0v) is 16.9. The quantitative estimate of drug-likeness (QED) is 0.385. The molecular formula is C25H20N2O4. The van der Waals surface area contributed by atoms with E-state index in [1.807, 2.05) is 72.8 Å². The summed E-state index contributed by atoms with van der Waals surface area (Å²) in [4.78, 5) is 15.8. The van der Waals surface area contributed by atoms with Gasteiger partial charge in [-0.1, -0.05) is 71.9 Å². The molecule has 0 aliphatic rings. The molecule has 2 heterocycles. The molecule has 0 atom stereocenters. The van der Waals surface area contributed by atoms with Gasteiger partial charge in [-0.2, -0.15) is 0 Å². The van der Waals surface area contributed by atoms with Crippen LogP contribution >= 0.6 is 0 Å². The maximum absolute atomic E-state index is 11.6. The minimum absolute atomic E-state index is 0.201. The lowest BCUT2D eigenvalue weighted by atomic mass is 10.1. The fourth-order valence-electron chi connectivity index (χ4n) is 3.00. The number of hydrogen-bond donors (Lipinski definition) is 0. The zero-order chi connectivity index (χ0) is 21.5. The lowest BCUT2D eigenvalue weighted by molar-refractivity contribution is 0.0600. The Bertz CT molecular complexity index is 1170. The number of aromatic nitrogens is 2. The highest BCUT2D eigenvalue weighted by Crippen LogP contribution is 2.28. The van der Waals surface area contributed by atoms with Crippen molar-refractivity contribution in [3.05, 3.63) is 101 Å². The van der Waals surface area contributed by atoms with Gasteiger partial charge in [-0.05, 0) is 17.7 Å². The van der Waals surface area contributed by atoms with Gasteiger partial charge in [-0.15, -0.1) is 0 Å². The van der Waals surface area contributed by atoms with E-state index in [4.69, 9.17) is 14.0 Å². The minimum Gasteiger partial charge on any atom is -0.473 e. The highest BCUT2D eigenvalue weighted by molar-refractivity contribution is 5.88. The number of hydrogen-bond acceptors (Lipinski definition) is 6. The number of pyridine rings is 1. The summed E-state index contributed by atoms with van der Waals surface area (Å²) in [6.45, 7) is 0.201. The maximum atomic E-state index is 11.6. The molecule has 0 fully saturated rings. The van der Waals surface area contributed by atoms with Crippen molar-refractivity contribution in [1.82, 2.24) is 10.1 Å². The van der Waals surface area contributed by atoms with Gasteiger partial charge in [-0.25, -0.2) is 9.78 Å². The van der Waals surface area contributed by atoms with Crippen LogP contribution < -0.4 is 4.74 Å². The van der Waals surface area contributed by atoms with E-state index in [2.05, 4.69) is 10.1 Å². The summed E-state index contributed by atoms with van der Waals surface area (Å²) in [5.41, 5.74) is 3.85. The molecule has 4 rings (SSSR count). The van der Waals surface area contributed by atoms with Gasteiger partial charge in [0.25, 0.3) is 0 Å². The molecule has 4 aromatic rings. The third-order valence-electron chi connectivity index (χ3n) is 4.61. The van der Waals surface area contributed by atoms with Gasteiger partial charge in [0, 0.05) is 17.8 Å². The average molecular weight is 412 g/mol. The molecule has 6 nitrogen and oxygen atoms in total. The molecule has 6 heteroatoms. The fourth-order valence-corrected chi connectivity index (χ4v) is 3.00. The van der Waals surface area contributed by atoms with Crippen molar-refractivity contribution in [2.24, 2.45) is 0 Å². The van der Waals surface area contributed by atoms with Gasteiger partial charge in [0.1, 0.15) is 12.3 Å². The largest absolute Gasteiger partial charge is 0.473 e. The second-order valence-corrected chi connectivity index (χ2v) is 6.65. The molecule has 0 amide bonds. The Balaban J connectivity index is 1.60. The first-order valence-corrected chi connectivity index (χ1v) is 9.69. The predicted molar refractivity (Wildman–Crippen MR) is 117 cm³/mol. The Labute approximate surface area is 179 Å². The summed E-state index contributed by atoms with van der Waals surface area (Å²) in [7, 11) is 1.33. The summed E-state index contributed by atoms with van der Waals surface area (Å²) in [5, 5.41) is 4.27. The van der Waals surface area contributed by atoms with E-state index in [1.54, 1.807) is 12.1 Å². The van der Waals surface area contributed by atoms with Gasteiger partial charge in [0.05, 0.1) is 18.2 Å². The van der Waals surface area contributed by atoms with Crippen LogP contribution in [0.4, 0.5) is 0 Å². The van der Waals surface area contributed by atoms with Crippen LogP contribution in [0.3, 0.4) is 0 Å². The molecule has 31 heavy (non-hydrogen) atoms. The first-order valence-electron chi connectivity index (χ1n) is 9.69. The Hall–Kier alpha value is -4.19. The summed E-state index contributed by atoms with van der Waals surface area (Å²) in [6.07, 6.45) is 5.26. The maximum Gasteiger partial charge on any atom is 0.339 e. The summed E-state index contributed by atoms with van der Waals surface area (Å²) in [6, 6.07) is 22.9. The topological polar surface area (TPSA) is 74.5 Å². The van der Waals surface area contributed by atoms with Gasteiger partial charge in [-0.3, -0.25) is 0 Å². The number of esters is 1. The number of carbonyl (C=O) groups is 1. The second kappa shape index (κ2) is 9.54. The summed E-state index contributed by atoms with van der Waals surface area (Å²) >= 11 is 0. The number of benzene rings is 2. The Morgan fingerprint density at radius 1 is 0.968 bits per heavy atom. The Kier molecular flexibility index (Phi) is 6.18. The Morgan fingerprint density at radius 2 is 1.71 bits per heavy atom. The van der Waals surface area contributed by atoms with E-state index >= 15 is 0 Å². The van der Waals surface area contributed by atoms with E-state index < -0.39 is 5.97 Å². The number of carbonyl (C=O) groups excluding carboxylic acids is 1. The zero-order valence-electron chi connectivity index (χ0n) is 16.9. The molecule has 0 saturated carbocycles. The third kappa shape index (κ3) is 4.87. The molecule has 0 aliphatic heterocycles. The SMILES string of the molecule is COC(=O)c1ccc(OCc2c(-c3ccccc3)noc2/C=C/c2ccccc2)nc1. The first-order chi connectivity index (χ1) is 15.2. The third-order valence-corrected chi connectivity index (χ3v) is 4.61. The van der Waals surface area contributed by atoms with E-state index in [0.29, 0.717) is 22.9 Å². The van der Waals surface area contributed by atoms with E-state index in [1.165, 1.54) is 13.3 Å². The fraction of sp³-hybridized carbons (Fsp3) is 0.0800. The lowest BCUT2D eigenvalue weighted by Crippen LogP contribution is -2.03. The van der Waals surface area contributed by atoms with Crippen LogP contribution in [-0.2, 0) is 11.3 Å². The van der Waals surface area contributed by atoms with Crippen molar-refractivity contribution in [3.63, 3.8) is 0 Å². The molecule has 2 aromatic carbocycles. The molecule has 0 saturated heterocycles. The number of methoxy groups -OCH3 is 1. The van der Waals surface area contributed by atoms with Crippen LogP contribution in [0.1, 0.15) is 27.2 Å². The molecule has 0 spiro atoms. The van der Waals surface area contributed by atoms with Crippen LogP contribution in [0.15, 0.2) is 83.5 Å². The van der Waals surface area contributed by atoms with Gasteiger partial charge in [0.2, 0.25) is 5.88 Å². The van der Waals surface area contributed by atoms with Crippen molar-refractivity contribution < 1.29 is 18.8 Å². The highest BCUT2D eigenvalue weighted by Gasteiger charge is 2.17. The van der Waals surface area contributed by atoms with Crippen molar-refractivity contribution in [3.8, 4) is 17.1 Å². The molecule has 154 valence electrons. The number of ether oxygens (including phenoxy) is 2. The summed E-state index contributed by atoms with van der Waals surface area (Å²) in [5.74, 6) is 0.539. The molecule has 0 unspecified atom stereocenters. The monoisotopic (exact) mass is 412 g/mol. The van der Waals surface area contributed by atoms with E-state index in [0.717, 1.165) is 16.7 Å². The van der Waals surface area contributed by atoms with Crippen LogP contribution in [0.2, 0.25) is 0 Å². The van der Waals surface area contributed by atoms with E-state index in [-0.39, 0.29) is 6.61 Å². The van der Waals surface area contributed by atoms with Crippen molar-refractivity contribution >= 4 is 18.1 Å². The van der Waals surface area contributed by atoms with Crippen LogP contribution in [0.25, 0.3) is 23.4 Å². The predicted octanol–water partition coefficient (Wildman–Crippen LogP) is 5.27. The number of rotatable bonds is 7. The minimum atomic E-state index is -0.446. The normalized spacial score (nSPS) is 10.9. The first kappa shape index (κ1) is 20.1. The molecule has 0 radical (unpaired) electrons. The van der Waals surface area contributed by atoms with Crippen LogP contribution in [0, 0.1) is 0 Å².